The molecule has 0 atom stereocenters. The quantitative estimate of drug-likeness (QED) is 0.349. The van der Waals surface area contributed by atoms with Crippen LogP contribution in [-0.2, 0) is 0 Å². The number of aryl methyl sites for hydroxylation is 1. The molecule has 0 aliphatic rings. The fourth-order valence-electron chi connectivity index (χ4n) is 3.51. The highest BCUT2D eigenvalue weighted by atomic mass is 16.5. The van der Waals surface area contributed by atoms with E-state index in [1.165, 1.54) is 4.68 Å². The zero-order valence-corrected chi connectivity index (χ0v) is 20.1. The second kappa shape index (κ2) is 11.2. The average Bonchev–Trinajstić information content (AvgIpc) is 3.13. The summed E-state index contributed by atoms with van der Waals surface area (Å²) >= 11 is 0. The van der Waals surface area contributed by atoms with Gasteiger partial charge in [-0.15, -0.1) is 0 Å². The highest BCUT2D eigenvalue weighted by molar-refractivity contribution is 6.01. The summed E-state index contributed by atoms with van der Waals surface area (Å²) in [5, 5.41) is 7.23. The first kappa shape index (κ1) is 24.6. The molecule has 0 unspecified atom stereocenters. The minimum atomic E-state index is -0.471. The van der Waals surface area contributed by atoms with Crippen LogP contribution in [0.1, 0.15) is 49.3 Å². The van der Waals surface area contributed by atoms with E-state index < -0.39 is 5.91 Å². The van der Waals surface area contributed by atoms with Crippen molar-refractivity contribution in [2.45, 2.75) is 34.6 Å². The third-order valence-corrected chi connectivity index (χ3v) is 4.94. The topological polar surface area (TPSA) is 107 Å². The summed E-state index contributed by atoms with van der Waals surface area (Å²) in [6.07, 6.45) is 0. The summed E-state index contributed by atoms with van der Waals surface area (Å²) < 4.78 is 18.5. The molecular formula is C25H30N4O5. The van der Waals surface area contributed by atoms with Crippen molar-refractivity contribution in [1.29, 1.82) is 0 Å². The third-order valence-electron chi connectivity index (χ3n) is 4.94. The van der Waals surface area contributed by atoms with Gasteiger partial charge in [0.25, 0.3) is 11.5 Å². The Morgan fingerprint density at radius 1 is 1.00 bits per heavy atom. The number of benzene rings is 2. The first-order valence-corrected chi connectivity index (χ1v) is 11.2. The summed E-state index contributed by atoms with van der Waals surface area (Å²) in [6, 6.07) is 12.4. The van der Waals surface area contributed by atoms with Gasteiger partial charge in [-0.25, -0.2) is 10.1 Å². The van der Waals surface area contributed by atoms with Crippen molar-refractivity contribution in [3.05, 3.63) is 69.6 Å². The molecule has 180 valence electrons. The van der Waals surface area contributed by atoms with E-state index in [1.807, 2.05) is 51.1 Å². The molecule has 9 heteroatoms. The smallest absolute Gasteiger partial charge is 0.280 e. The molecule has 1 amide bonds. The SMILES string of the molecule is CCOc1cc(C(=O)N/N=C(\C)c2c(C)[nH]n(-c3ccccc3)c2=O)cc(OCC)c1OCC. The van der Waals surface area contributed by atoms with Gasteiger partial charge in [-0.1, -0.05) is 18.2 Å². The Labute approximate surface area is 198 Å². The zero-order valence-electron chi connectivity index (χ0n) is 20.1. The van der Waals surface area contributed by atoms with Crippen LogP contribution in [0.4, 0.5) is 0 Å². The van der Waals surface area contributed by atoms with Crippen LogP contribution in [0.25, 0.3) is 5.69 Å². The van der Waals surface area contributed by atoms with Gasteiger partial charge in [0.15, 0.2) is 11.5 Å². The molecule has 9 nitrogen and oxygen atoms in total. The maximum Gasteiger partial charge on any atom is 0.280 e. The predicted molar refractivity (Wildman–Crippen MR) is 131 cm³/mol. The predicted octanol–water partition coefficient (Wildman–Crippen LogP) is 3.82. The van der Waals surface area contributed by atoms with Crippen LogP contribution >= 0.6 is 0 Å². The summed E-state index contributed by atoms with van der Waals surface area (Å²) in [5.41, 5.74) is 4.68. The molecule has 0 bridgehead atoms. The van der Waals surface area contributed by atoms with Crippen molar-refractivity contribution in [3.8, 4) is 22.9 Å². The van der Waals surface area contributed by atoms with Crippen LogP contribution < -0.4 is 25.2 Å². The second-order valence-electron chi connectivity index (χ2n) is 7.33. The molecule has 2 N–H and O–H groups in total. The van der Waals surface area contributed by atoms with Gasteiger partial charge in [0.1, 0.15) is 0 Å². The van der Waals surface area contributed by atoms with Crippen molar-refractivity contribution in [3.63, 3.8) is 0 Å². The van der Waals surface area contributed by atoms with Gasteiger partial charge in [-0.3, -0.25) is 14.7 Å². The number of H-pyrrole nitrogens is 1. The van der Waals surface area contributed by atoms with Crippen molar-refractivity contribution in [2.75, 3.05) is 19.8 Å². The lowest BCUT2D eigenvalue weighted by Gasteiger charge is -2.16. The summed E-state index contributed by atoms with van der Waals surface area (Å²) in [5.74, 6) is 0.800. The minimum absolute atomic E-state index is 0.252. The number of carbonyl (C=O) groups excluding carboxylic acids is 1. The molecule has 1 aromatic heterocycles. The molecule has 0 radical (unpaired) electrons. The lowest BCUT2D eigenvalue weighted by atomic mass is 10.1. The van der Waals surface area contributed by atoms with Gasteiger partial charge in [0.2, 0.25) is 5.75 Å². The number of amides is 1. The Morgan fingerprint density at radius 3 is 2.15 bits per heavy atom. The highest BCUT2D eigenvalue weighted by Crippen LogP contribution is 2.39. The standard InChI is InChI=1S/C25H30N4O5/c1-6-32-20-14-18(15-21(33-7-2)23(20)34-8-3)24(30)27-26-16(4)22-17(5)28-29(25(22)31)19-12-10-9-11-13-19/h9-15,28H,6-8H2,1-5H3,(H,27,30)/b26-16+. The molecule has 3 rings (SSSR count). The number of para-hydroxylation sites is 1. The zero-order chi connectivity index (χ0) is 24.7. The van der Waals surface area contributed by atoms with Crippen molar-refractivity contribution in [2.24, 2.45) is 5.10 Å². The van der Waals surface area contributed by atoms with Crippen molar-refractivity contribution < 1.29 is 19.0 Å². The molecule has 0 aliphatic carbocycles. The van der Waals surface area contributed by atoms with Gasteiger partial charge < -0.3 is 14.2 Å². The number of carbonyl (C=O) groups is 1. The van der Waals surface area contributed by atoms with Crippen molar-refractivity contribution >= 4 is 11.6 Å². The molecule has 0 saturated heterocycles. The number of nitrogens with one attached hydrogen (secondary N) is 2. The molecule has 1 heterocycles. The van der Waals surface area contributed by atoms with Crippen LogP contribution in [0.5, 0.6) is 17.2 Å². The second-order valence-corrected chi connectivity index (χ2v) is 7.33. The minimum Gasteiger partial charge on any atom is -0.490 e. The Hall–Kier alpha value is -4.01. The molecule has 0 saturated carbocycles. The number of ether oxygens (including phenoxy) is 3. The van der Waals surface area contributed by atoms with Gasteiger partial charge in [-0.2, -0.15) is 5.10 Å². The fourth-order valence-corrected chi connectivity index (χ4v) is 3.51. The van der Waals surface area contributed by atoms with E-state index in [1.54, 1.807) is 26.0 Å². The number of nitrogens with zero attached hydrogens (tertiary/aromatic N) is 2. The maximum atomic E-state index is 13.0. The summed E-state index contributed by atoms with van der Waals surface area (Å²) in [7, 11) is 0. The number of aromatic nitrogens is 2. The van der Waals surface area contributed by atoms with Gasteiger partial charge in [-0.05, 0) is 58.9 Å². The summed E-state index contributed by atoms with van der Waals surface area (Å²) in [4.78, 5) is 25.9. The van der Waals surface area contributed by atoms with E-state index in [9.17, 15) is 9.59 Å². The Morgan fingerprint density at radius 2 is 1.59 bits per heavy atom. The van der Waals surface area contributed by atoms with Crippen LogP contribution in [0, 0.1) is 6.92 Å². The third kappa shape index (κ3) is 5.31. The molecule has 34 heavy (non-hydrogen) atoms. The molecule has 3 aromatic rings. The van der Waals surface area contributed by atoms with E-state index in [0.29, 0.717) is 65.3 Å². The van der Waals surface area contributed by atoms with Gasteiger partial charge in [0.05, 0.1) is 36.8 Å². The average molecular weight is 467 g/mol. The van der Waals surface area contributed by atoms with Crippen LogP contribution in [0.15, 0.2) is 52.4 Å². The van der Waals surface area contributed by atoms with Gasteiger partial charge in [0, 0.05) is 11.3 Å². The van der Waals surface area contributed by atoms with Crippen LogP contribution in [0.2, 0.25) is 0 Å². The highest BCUT2D eigenvalue weighted by Gasteiger charge is 2.19. The van der Waals surface area contributed by atoms with E-state index in [0.717, 1.165) is 0 Å². The lowest BCUT2D eigenvalue weighted by Crippen LogP contribution is -2.23. The fraction of sp³-hybridized carbons (Fsp3) is 0.320. The molecule has 0 aliphatic heterocycles. The first-order chi connectivity index (χ1) is 16.4. The molecular weight excluding hydrogens is 436 g/mol. The van der Waals surface area contributed by atoms with E-state index >= 15 is 0 Å². The van der Waals surface area contributed by atoms with E-state index in [2.05, 4.69) is 15.6 Å². The maximum absolute atomic E-state index is 13.0. The van der Waals surface area contributed by atoms with Crippen molar-refractivity contribution in [1.82, 2.24) is 15.2 Å². The monoisotopic (exact) mass is 466 g/mol. The summed E-state index contributed by atoms with van der Waals surface area (Å²) in [6.45, 7) is 10.2. The van der Waals surface area contributed by atoms with E-state index in [-0.39, 0.29) is 5.56 Å². The number of hydrogen-bond donors (Lipinski definition) is 2. The Bertz CT molecular complexity index is 1200. The lowest BCUT2D eigenvalue weighted by molar-refractivity contribution is 0.0953. The Kier molecular flexibility index (Phi) is 8.13. The molecule has 0 spiro atoms. The normalized spacial score (nSPS) is 11.3. The number of rotatable bonds is 10. The number of hydrazone groups is 1. The van der Waals surface area contributed by atoms with Crippen LogP contribution in [-0.4, -0.2) is 41.2 Å². The number of aromatic amines is 1. The van der Waals surface area contributed by atoms with E-state index in [4.69, 9.17) is 14.2 Å². The number of hydrogen-bond acceptors (Lipinski definition) is 6. The molecule has 0 fully saturated rings. The molecule has 2 aromatic carbocycles. The first-order valence-electron chi connectivity index (χ1n) is 11.2. The van der Waals surface area contributed by atoms with Crippen LogP contribution in [0.3, 0.4) is 0 Å². The largest absolute Gasteiger partial charge is 0.490 e. The Balaban J connectivity index is 1.90. The van der Waals surface area contributed by atoms with Gasteiger partial charge >= 0.3 is 0 Å².